The van der Waals surface area contributed by atoms with Crippen LogP contribution in [0.5, 0.6) is 0 Å². The Labute approximate surface area is 118 Å². The summed E-state index contributed by atoms with van der Waals surface area (Å²) in [6.07, 6.45) is 3.77. The van der Waals surface area contributed by atoms with E-state index in [4.69, 9.17) is 5.84 Å². The fourth-order valence-corrected chi connectivity index (χ4v) is 5.27. The first-order chi connectivity index (χ1) is 8.63. The average molecular weight is 283 g/mol. The number of aryl methyl sites for hydroxylation is 1. The number of hydrogen-bond acceptors (Lipinski definition) is 5. The maximum atomic E-state index is 5.78. The van der Waals surface area contributed by atoms with Crippen molar-refractivity contribution in [3.8, 4) is 0 Å². The highest BCUT2D eigenvalue weighted by Crippen LogP contribution is 2.41. The lowest BCUT2D eigenvalue weighted by Gasteiger charge is -2.36. The second-order valence-electron chi connectivity index (χ2n) is 4.79. The molecule has 18 heavy (non-hydrogen) atoms. The SMILES string of the molecule is Cc1ccncc1C(NN)C1CSC(C)C(C)S1. The number of aromatic nitrogens is 1. The predicted molar refractivity (Wildman–Crippen MR) is 81.8 cm³/mol. The van der Waals surface area contributed by atoms with Gasteiger partial charge in [-0.2, -0.15) is 23.5 Å². The summed E-state index contributed by atoms with van der Waals surface area (Å²) in [5, 5.41) is 1.90. The molecule has 2 rings (SSSR count). The molecule has 3 N–H and O–H groups in total. The van der Waals surface area contributed by atoms with Crippen LogP contribution in [0.25, 0.3) is 0 Å². The van der Waals surface area contributed by atoms with Gasteiger partial charge in [0.2, 0.25) is 0 Å². The van der Waals surface area contributed by atoms with Gasteiger partial charge in [-0.25, -0.2) is 0 Å². The van der Waals surface area contributed by atoms with E-state index in [0.29, 0.717) is 10.5 Å². The van der Waals surface area contributed by atoms with E-state index in [-0.39, 0.29) is 6.04 Å². The molecule has 1 aliphatic heterocycles. The van der Waals surface area contributed by atoms with Crippen LogP contribution >= 0.6 is 23.5 Å². The van der Waals surface area contributed by atoms with E-state index in [1.54, 1.807) is 0 Å². The second-order valence-corrected chi connectivity index (χ2v) is 7.83. The molecule has 0 amide bonds. The fraction of sp³-hybridized carbons (Fsp3) is 0.615. The molecule has 5 heteroatoms. The Morgan fingerprint density at radius 2 is 2.22 bits per heavy atom. The molecule has 0 radical (unpaired) electrons. The standard InChI is InChI=1S/C13H21N3S2/c1-8-4-5-15-6-11(8)13(16-14)12-7-17-9(2)10(3)18-12/h4-6,9-10,12-13,16H,7,14H2,1-3H3. The summed E-state index contributed by atoms with van der Waals surface area (Å²) >= 11 is 4.08. The van der Waals surface area contributed by atoms with Gasteiger partial charge >= 0.3 is 0 Å². The molecular formula is C13H21N3S2. The Kier molecular flexibility index (Phi) is 4.95. The minimum absolute atomic E-state index is 0.186. The minimum Gasteiger partial charge on any atom is -0.271 e. The summed E-state index contributed by atoms with van der Waals surface area (Å²) in [6.45, 7) is 6.73. The lowest BCUT2D eigenvalue weighted by Crippen LogP contribution is -2.40. The number of hydrazine groups is 1. The highest BCUT2D eigenvalue weighted by molar-refractivity contribution is 8.07. The monoisotopic (exact) mass is 283 g/mol. The van der Waals surface area contributed by atoms with E-state index in [1.165, 1.54) is 11.1 Å². The Morgan fingerprint density at radius 3 is 2.83 bits per heavy atom. The summed E-state index contributed by atoms with van der Waals surface area (Å²) in [6, 6.07) is 2.23. The third-order valence-electron chi connectivity index (χ3n) is 3.54. The van der Waals surface area contributed by atoms with Crippen LogP contribution in [-0.2, 0) is 0 Å². The van der Waals surface area contributed by atoms with Gasteiger partial charge in [-0.05, 0) is 24.1 Å². The van der Waals surface area contributed by atoms with Crippen LogP contribution in [0, 0.1) is 6.92 Å². The van der Waals surface area contributed by atoms with Gasteiger partial charge in [0.15, 0.2) is 0 Å². The van der Waals surface area contributed by atoms with Crippen LogP contribution in [0.1, 0.15) is 31.0 Å². The number of thioether (sulfide) groups is 2. The highest BCUT2D eigenvalue weighted by Gasteiger charge is 2.32. The summed E-state index contributed by atoms with van der Waals surface area (Å²) in [7, 11) is 0. The zero-order chi connectivity index (χ0) is 13.1. The predicted octanol–water partition coefficient (Wildman–Crippen LogP) is 2.52. The first kappa shape index (κ1) is 14.2. The van der Waals surface area contributed by atoms with Gasteiger partial charge < -0.3 is 0 Å². The lowest BCUT2D eigenvalue weighted by molar-refractivity contribution is 0.545. The molecule has 1 saturated heterocycles. The molecule has 4 unspecified atom stereocenters. The van der Waals surface area contributed by atoms with Crippen molar-refractivity contribution < 1.29 is 0 Å². The lowest BCUT2D eigenvalue weighted by atomic mass is 10.0. The average Bonchev–Trinajstić information content (AvgIpc) is 2.37. The van der Waals surface area contributed by atoms with Gasteiger partial charge in [-0.1, -0.05) is 13.8 Å². The molecule has 0 spiro atoms. The van der Waals surface area contributed by atoms with Crippen molar-refractivity contribution in [3.05, 3.63) is 29.6 Å². The van der Waals surface area contributed by atoms with E-state index >= 15 is 0 Å². The van der Waals surface area contributed by atoms with Crippen LogP contribution in [0.2, 0.25) is 0 Å². The van der Waals surface area contributed by atoms with Gasteiger partial charge in [-0.15, -0.1) is 0 Å². The maximum Gasteiger partial charge on any atom is 0.0604 e. The Bertz CT molecular complexity index is 400. The van der Waals surface area contributed by atoms with Gasteiger partial charge in [0.1, 0.15) is 0 Å². The maximum absolute atomic E-state index is 5.78. The van der Waals surface area contributed by atoms with Crippen LogP contribution in [-0.4, -0.2) is 26.5 Å². The summed E-state index contributed by atoms with van der Waals surface area (Å²) in [5.41, 5.74) is 5.47. The first-order valence-electron chi connectivity index (χ1n) is 6.27. The topological polar surface area (TPSA) is 50.9 Å². The van der Waals surface area contributed by atoms with Gasteiger partial charge in [0.25, 0.3) is 0 Å². The first-order valence-corrected chi connectivity index (χ1v) is 8.26. The van der Waals surface area contributed by atoms with Gasteiger partial charge in [0.05, 0.1) is 6.04 Å². The molecule has 4 atom stereocenters. The van der Waals surface area contributed by atoms with Gasteiger partial charge in [0, 0.05) is 33.9 Å². The zero-order valence-corrected chi connectivity index (χ0v) is 12.7. The van der Waals surface area contributed by atoms with Crippen LogP contribution in [0.15, 0.2) is 18.5 Å². The van der Waals surface area contributed by atoms with Crippen molar-refractivity contribution in [2.45, 2.75) is 42.6 Å². The smallest absolute Gasteiger partial charge is 0.0604 e. The van der Waals surface area contributed by atoms with Crippen molar-refractivity contribution >= 4 is 23.5 Å². The van der Waals surface area contributed by atoms with E-state index in [9.17, 15) is 0 Å². The molecule has 2 heterocycles. The molecule has 1 aliphatic rings. The molecule has 3 nitrogen and oxygen atoms in total. The number of nitrogens with two attached hydrogens (primary N) is 1. The van der Waals surface area contributed by atoms with Crippen LogP contribution in [0.3, 0.4) is 0 Å². The van der Waals surface area contributed by atoms with Crippen molar-refractivity contribution in [1.82, 2.24) is 10.4 Å². The Balaban J connectivity index is 2.17. The molecular weight excluding hydrogens is 262 g/mol. The quantitative estimate of drug-likeness (QED) is 0.659. The second kappa shape index (κ2) is 6.28. The number of hydrogen-bond donors (Lipinski definition) is 2. The normalized spacial score (nSPS) is 30.1. The highest BCUT2D eigenvalue weighted by atomic mass is 32.2. The third kappa shape index (κ3) is 3.02. The zero-order valence-electron chi connectivity index (χ0n) is 11.1. The summed E-state index contributed by atoms with van der Waals surface area (Å²) < 4.78 is 0. The van der Waals surface area contributed by atoms with Crippen molar-refractivity contribution in [2.75, 3.05) is 5.75 Å². The Hall–Kier alpha value is -0.230. The molecule has 1 fully saturated rings. The molecule has 1 aromatic rings. The van der Waals surface area contributed by atoms with Crippen LogP contribution < -0.4 is 11.3 Å². The molecule has 0 aromatic carbocycles. The Morgan fingerprint density at radius 1 is 1.44 bits per heavy atom. The molecule has 100 valence electrons. The third-order valence-corrected chi connectivity index (χ3v) is 7.03. The summed E-state index contributed by atoms with van der Waals surface area (Å²) in [4.78, 5) is 4.23. The summed E-state index contributed by atoms with van der Waals surface area (Å²) in [5.74, 6) is 6.92. The fourth-order valence-electron chi connectivity index (χ4n) is 2.18. The molecule has 0 saturated carbocycles. The molecule has 1 aromatic heterocycles. The molecule has 0 bridgehead atoms. The van der Waals surface area contributed by atoms with Gasteiger partial charge in [-0.3, -0.25) is 16.3 Å². The molecule has 0 aliphatic carbocycles. The number of nitrogens with one attached hydrogen (secondary N) is 1. The van der Waals surface area contributed by atoms with E-state index in [0.717, 1.165) is 11.0 Å². The minimum atomic E-state index is 0.186. The largest absolute Gasteiger partial charge is 0.271 e. The van der Waals surface area contributed by atoms with E-state index < -0.39 is 0 Å². The number of rotatable bonds is 3. The van der Waals surface area contributed by atoms with E-state index in [2.05, 4.69) is 31.2 Å². The van der Waals surface area contributed by atoms with Crippen molar-refractivity contribution in [1.29, 1.82) is 0 Å². The van der Waals surface area contributed by atoms with E-state index in [1.807, 2.05) is 42.0 Å². The number of pyridine rings is 1. The van der Waals surface area contributed by atoms with Crippen LogP contribution in [0.4, 0.5) is 0 Å². The number of nitrogens with zero attached hydrogens (tertiary/aromatic N) is 1. The van der Waals surface area contributed by atoms with Crippen molar-refractivity contribution in [2.24, 2.45) is 5.84 Å². The van der Waals surface area contributed by atoms with Crippen molar-refractivity contribution in [3.63, 3.8) is 0 Å².